The summed E-state index contributed by atoms with van der Waals surface area (Å²) in [4.78, 5) is 22.5. The average Bonchev–Trinajstić information content (AvgIpc) is 2.70. The fourth-order valence-corrected chi connectivity index (χ4v) is 4.39. The first kappa shape index (κ1) is 20.6. The van der Waals surface area contributed by atoms with Crippen LogP contribution >= 0.6 is 11.6 Å². The van der Waals surface area contributed by atoms with Crippen LogP contribution in [0.1, 0.15) is 34.9 Å². The van der Waals surface area contributed by atoms with E-state index in [1.807, 2.05) is 38.1 Å². The zero-order chi connectivity index (χ0) is 21.4. The molecule has 0 aliphatic carbocycles. The summed E-state index contributed by atoms with van der Waals surface area (Å²) in [7, 11) is 0. The van der Waals surface area contributed by atoms with Crippen LogP contribution in [-0.2, 0) is 19.6 Å². The number of hydrogen-bond donors (Lipinski definition) is 0. The summed E-state index contributed by atoms with van der Waals surface area (Å²) in [6.45, 7) is 9.90. The highest BCUT2D eigenvalue weighted by atomic mass is 35.5. The standard InChI is InChI=1S/C24H27ClN4O/c1-5-20-18(4)26-24-28(22-11-10-16(2)12-17(22)3)14-27(15-29(24)23(20)30)13-19-8-6-7-9-21(19)25/h6-12H,5,13-15H2,1-4H3. The van der Waals surface area contributed by atoms with Crippen LogP contribution in [0.4, 0.5) is 11.6 Å². The van der Waals surface area contributed by atoms with Crippen LogP contribution in [0, 0.1) is 20.8 Å². The zero-order valence-corrected chi connectivity index (χ0v) is 18.7. The van der Waals surface area contributed by atoms with Gasteiger partial charge in [0.1, 0.15) is 0 Å². The fraction of sp³-hybridized carbons (Fsp3) is 0.333. The van der Waals surface area contributed by atoms with Crippen LogP contribution in [-0.4, -0.2) is 21.1 Å². The molecule has 6 heteroatoms. The van der Waals surface area contributed by atoms with Gasteiger partial charge in [0.2, 0.25) is 5.95 Å². The van der Waals surface area contributed by atoms with Crippen LogP contribution in [0.2, 0.25) is 5.02 Å². The minimum atomic E-state index is 0.0404. The van der Waals surface area contributed by atoms with Crippen molar-refractivity contribution in [2.75, 3.05) is 11.6 Å². The molecule has 0 radical (unpaired) electrons. The number of benzene rings is 2. The summed E-state index contributed by atoms with van der Waals surface area (Å²) >= 11 is 6.42. The molecule has 156 valence electrons. The third-order valence-electron chi connectivity index (χ3n) is 5.72. The van der Waals surface area contributed by atoms with Gasteiger partial charge in [-0.15, -0.1) is 0 Å². The minimum absolute atomic E-state index is 0.0404. The Balaban J connectivity index is 1.83. The molecule has 2 heterocycles. The van der Waals surface area contributed by atoms with Gasteiger partial charge in [-0.1, -0.05) is 54.4 Å². The number of rotatable bonds is 4. The molecule has 1 aliphatic rings. The molecule has 30 heavy (non-hydrogen) atoms. The molecule has 5 nitrogen and oxygen atoms in total. The SMILES string of the molecule is CCc1c(C)nc2n(c1=O)CN(Cc1ccccc1Cl)CN2c1ccc(C)cc1C. The Morgan fingerprint density at radius 3 is 2.53 bits per heavy atom. The Morgan fingerprint density at radius 2 is 1.83 bits per heavy atom. The number of nitrogens with zero attached hydrogens (tertiary/aromatic N) is 4. The van der Waals surface area contributed by atoms with E-state index < -0.39 is 0 Å². The molecule has 3 aromatic rings. The number of hydrogen-bond acceptors (Lipinski definition) is 4. The second-order valence-electron chi connectivity index (χ2n) is 7.98. The predicted octanol–water partition coefficient (Wildman–Crippen LogP) is 4.95. The summed E-state index contributed by atoms with van der Waals surface area (Å²) < 4.78 is 1.80. The van der Waals surface area contributed by atoms with Gasteiger partial charge < -0.3 is 0 Å². The minimum Gasteiger partial charge on any atom is -0.298 e. The third kappa shape index (κ3) is 3.75. The lowest BCUT2D eigenvalue weighted by Crippen LogP contribution is -2.47. The Labute approximate surface area is 182 Å². The Kier molecular flexibility index (Phi) is 5.67. The van der Waals surface area contributed by atoms with Crippen molar-refractivity contribution in [3.05, 3.63) is 85.8 Å². The molecule has 4 rings (SSSR count). The summed E-state index contributed by atoms with van der Waals surface area (Å²) in [5.74, 6) is 0.706. The molecule has 0 unspecified atom stereocenters. The first-order valence-electron chi connectivity index (χ1n) is 10.3. The maximum absolute atomic E-state index is 13.3. The van der Waals surface area contributed by atoms with Crippen molar-refractivity contribution in [2.24, 2.45) is 0 Å². The van der Waals surface area contributed by atoms with E-state index in [1.165, 1.54) is 5.56 Å². The molecule has 1 aromatic heterocycles. The monoisotopic (exact) mass is 422 g/mol. The average molecular weight is 423 g/mol. The van der Waals surface area contributed by atoms with Crippen LogP contribution in [0.15, 0.2) is 47.3 Å². The molecular weight excluding hydrogens is 396 g/mol. The molecule has 0 bridgehead atoms. The van der Waals surface area contributed by atoms with Crippen LogP contribution in [0.5, 0.6) is 0 Å². The number of halogens is 1. The lowest BCUT2D eigenvalue weighted by atomic mass is 10.1. The zero-order valence-electron chi connectivity index (χ0n) is 17.9. The molecule has 2 aromatic carbocycles. The van der Waals surface area contributed by atoms with Gasteiger partial charge >= 0.3 is 0 Å². The Hall–Kier alpha value is -2.63. The van der Waals surface area contributed by atoms with Gasteiger partial charge in [-0.05, 0) is 50.5 Å². The molecule has 0 saturated carbocycles. The highest BCUT2D eigenvalue weighted by Crippen LogP contribution is 2.31. The van der Waals surface area contributed by atoms with Gasteiger partial charge in [0.15, 0.2) is 0 Å². The quantitative estimate of drug-likeness (QED) is 0.596. The fourth-order valence-electron chi connectivity index (χ4n) is 4.19. The highest BCUT2D eigenvalue weighted by molar-refractivity contribution is 6.31. The molecule has 1 aliphatic heterocycles. The smallest absolute Gasteiger partial charge is 0.259 e. The van der Waals surface area contributed by atoms with Crippen LogP contribution in [0.3, 0.4) is 0 Å². The van der Waals surface area contributed by atoms with Crippen molar-refractivity contribution in [1.82, 2.24) is 14.5 Å². The van der Waals surface area contributed by atoms with E-state index in [1.54, 1.807) is 4.57 Å². The van der Waals surface area contributed by atoms with E-state index in [2.05, 4.69) is 41.8 Å². The normalized spacial score (nSPS) is 14.1. The summed E-state index contributed by atoms with van der Waals surface area (Å²) in [6, 6.07) is 14.2. The van der Waals surface area contributed by atoms with Crippen LogP contribution < -0.4 is 10.5 Å². The number of fused-ring (bicyclic) bond motifs is 1. The van der Waals surface area contributed by atoms with E-state index in [4.69, 9.17) is 16.6 Å². The summed E-state index contributed by atoms with van der Waals surface area (Å²) in [5.41, 5.74) is 6.11. The van der Waals surface area contributed by atoms with Gasteiger partial charge in [0.05, 0.1) is 13.3 Å². The van der Waals surface area contributed by atoms with Gasteiger partial charge in [-0.2, -0.15) is 0 Å². The van der Waals surface area contributed by atoms with Crippen molar-refractivity contribution in [3.63, 3.8) is 0 Å². The van der Waals surface area contributed by atoms with Crippen LogP contribution in [0.25, 0.3) is 0 Å². The van der Waals surface area contributed by atoms with Crippen molar-refractivity contribution < 1.29 is 0 Å². The summed E-state index contributed by atoms with van der Waals surface area (Å²) in [5, 5.41) is 0.741. The molecule has 0 N–H and O–H groups in total. The number of aromatic nitrogens is 2. The Morgan fingerprint density at radius 1 is 1.07 bits per heavy atom. The van der Waals surface area contributed by atoms with E-state index in [0.29, 0.717) is 32.3 Å². The molecule has 0 amide bonds. The van der Waals surface area contributed by atoms with Crippen molar-refractivity contribution in [2.45, 2.75) is 47.3 Å². The van der Waals surface area contributed by atoms with E-state index in [9.17, 15) is 4.79 Å². The lowest BCUT2D eigenvalue weighted by Gasteiger charge is -2.39. The highest BCUT2D eigenvalue weighted by Gasteiger charge is 2.28. The van der Waals surface area contributed by atoms with Gasteiger partial charge in [-0.3, -0.25) is 19.2 Å². The summed E-state index contributed by atoms with van der Waals surface area (Å²) in [6.07, 6.45) is 0.673. The first-order chi connectivity index (χ1) is 14.4. The largest absolute Gasteiger partial charge is 0.298 e. The van der Waals surface area contributed by atoms with Crippen molar-refractivity contribution in [3.8, 4) is 0 Å². The number of aryl methyl sites for hydroxylation is 3. The van der Waals surface area contributed by atoms with E-state index >= 15 is 0 Å². The first-order valence-corrected chi connectivity index (χ1v) is 10.7. The number of anilines is 2. The van der Waals surface area contributed by atoms with Crippen molar-refractivity contribution in [1.29, 1.82) is 0 Å². The predicted molar refractivity (Wildman–Crippen MR) is 123 cm³/mol. The lowest BCUT2D eigenvalue weighted by molar-refractivity contribution is 0.189. The molecular formula is C24H27ClN4O. The Bertz CT molecular complexity index is 1150. The second-order valence-corrected chi connectivity index (χ2v) is 8.39. The van der Waals surface area contributed by atoms with Crippen molar-refractivity contribution >= 4 is 23.2 Å². The second kappa shape index (κ2) is 8.25. The molecule has 0 spiro atoms. The van der Waals surface area contributed by atoms with Gasteiger partial charge in [0.25, 0.3) is 5.56 Å². The molecule has 0 fully saturated rings. The van der Waals surface area contributed by atoms with E-state index in [-0.39, 0.29) is 5.56 Å². The van der Waals surface area contributed by atoms with Gasteiger partial charge in [-0.25, -0.2) is 4.98 Å². The maximum atomic E-state index is 13.3. The van der Waals surface area contributed by atoms with Gasteiger partial charge in [0, 0.05) is 28.5 Å². The molecule has 0 saturated heterocycles. The van der Waals surface area contributed by atoms with E-state index in [0.717, 1.165) is 33.1 Å². The topological polar surface area (TPSA) is 41.4 Å². The third-order valence-corrected chi connectivity index (χ3v) is 6.09. The molecule has 0 atom stereocenters. The maximum Gasteiger partial charge on any atom is 0.259 e.